The molecule has 1 fully saturated rings. The number of piperidine rings is 1. The fourth-order valence-corrected chi connectivity index (χ4v) is 2.42. The van der Waals surface area contributed by atoms with Gasteiger partial charge in [0.2, 0.25) is 5.91 Å². The van der Waals surface area contributed by atoms with Gasteiger partial charge >= 0.3 is 6.03 Å². The van der Waals surface area contributed by atoms with Gasteiger partial charge in [-0.25, -0.2) is 4.79 Å². The number of likely N-dealkylation sites (tertiary alicyclic amines) is 1. The number of primary amides is 1. The van der Waals surface area contributed by atoms with Crippen LogP contribution in [0.4, 0.5) is 4.79 Å². The number of hydrogen-bond acceptors (Lipinski definition) is 2. The molecule has 0 aromatic heterocycles. The molecule has 0 aliphatic carbocycles. The molecule has 19 heavy (non-hydrogen) atoms. The summed E-state index contributed by atoms with van der Waals surface area (Å²) in [5, 5.41) is 2.64. The second-order valence-electron chi connectivity index (χ2n) is 4.77. The molecule has 0 spiro atoms. The van der Waals surface area contributed by atoms with Gasteiger partial charge in [0.05, 0.1) is 6.42 Å². The molecular formula is C14H19N3O2. The fraction of sp³-hybridized carbons (Fsp3) is 0.429. The van der Waals surface area contributed by atoms with Crippen LogP contribution in [0, 0.1) is 0 Å². The average molecular weight is 261 g/mol. The second kappa shape index (κ2) is 6.22. The Labute approximate surface area is 112 Å². The SMILES string of the molecule is NC(=O)NC1CCCCN1C(=O)Cc1ccccc1. The van der Waals surface area contributed by atoms with Crippen LogP contribution in [0.15, 0.2) is 30.3 Å². The highest BCUT2D eigenvalue weighted by molar-refractivity contribution is 5.80. The van der Waals surface area contributed by atoms with Gasteiger partial charge in [0.25, 0.3) is 0 Å². The number of rotatable bonds is 3. The van der Waals surface area contributed by atoms with Crippen LogP contribution in [0.3, 0.4) is 0 Å². The minimum absolute atomic E-state index is 0.0321. The van der Waals surface area contributed by atoms with E-state index in [0.29, 0.717) is 13.0 Å². The molecule has 3 amide bonds. The molecule has 1 aromatic rings. The molecule has 102 valence electrons. The third-order valence-electron chi connectivity index (χ3n) is 3.33. The van der Waals surface area contributed by atoms with E-state index < -0.39 is 6.03 Å². The lowest BCUT2D eigenvalue weighted by Crippen LogP contribution is -2.54. The zero-order valence-corrected chi connectivity index (χ0v) is 10.8. The normalized spacial score (nSPS) is 18.9. The number of nitrogens with two attached hydrogens (primary N) is 1. The van der Waals surface area contributed by atoms with Crippen LogP contribution >= 0.6 is 0 Å². The Kier molecular flexibility index (Phi) is 4.39. The number of urea groups is 1. The van der Waals surface area contributed by atoms with Crippen LogP contribution in [0.1, 0.15) is 24.8 Å². The van der Waals surface area contributed by atoms with E-state index in [4.69, 9.17) is 5.73 Å². The average Bonchev–Trinajstić information content (AvgIpc) is 2.39. The highest BCUT2D eigenvalue weighted by Crippen LogP contribution is 2.16. The van der Waals surface area contributed by atoms with Gasteiger partial charge in [-0.3, -0.25) is 4.79 Å². The topological polar surface area (TPSA) is 75.4 Å². The van der Waals surface area contributed by atoms with Crippen LogP contribution in [0.25, 0.3) is 0 Å². The van der Waals surface area contributed by atoms with Crippen LogP contribution < -0.4 is 11.1 Å². The predicted octanol–water partition coefficient (Wildman–Crippen LogP) is 1.24. The monoisotopic (exact) mass is 261 g/mol. The maximum Gasteiger partial charge on any atom is 0.313 e. The summed E-state index contributed by atoms with van der Waals surface area (Å²) in [6, 6.07) is 9.03. The molecule has 1 aromatic carbocycles. The van der Waals surface area contributed by atoms with Crippen LogP contribution in [-0.4, -0.2) is 29.5 Å². The van der Waals surface area contributed by atoms with E-state index in [1.165, 1.54) is 0 Å². The number of carbonyl (C=O) groups excluding carboxylic acids is 2. The zero-order valence-electron chi connectivity index (χ0n) is 10.8. The summed E-state index contributed by atoms with van der Waals surface area (Å²) >= 11 is 0. The van der Waals surface area contributed by atoms with Crippen LogP contribution in [0.2, 0.25) is 0 Å². The first-order valence-electron chi connectivity index (χ1n) is 6.56. The largest absolute Gasteiger partial charge is 0.352 e. The number of nitrogens with zero attached hydrogens (tertiary/aromatic N) is 1. The van der Waals surface area contributed by atoms with Gasteiger partial charge in [-0.05, 0) is 24.8 Å². The smallest absolute Gasteiger partial charge is 0.313 e. The molecule has 1 heterocycles. The molecule has 5 heteroatoms. The number of benzene rings is 1. The number of amides is 3. The first kappa shape index (κ1) is 13.4. The summed E-state index contributed by atoms with van der Waals surface area (Å²) in [5.41, 5.74) is 6.13. The lowest BCUT2D eigenvalue weighted by atomic mass is 10.1. The summed E-state index contributed by atoms with van der Waals surface area (Å²) in [6.45, 7) is 0.677. The Hall–Kier alpha value is -2.04. The Morgan fingerprint density at radius 3 is 2.68 bits per heavy atom. The van der Waals surface area contributed by atoms with Crippen molar-refractivity contribution in [2.75, 3.05) is 6.54 Å². The van der Waals surface area contributed by atoms with Crippen molar-refractivity contribution in [3.05, 3.63) is 35.9 Å². The highest BCUT2D eigenvalue weighted by atomic mass is 16.2. The molecule has 3 N–H and O–H groups in total. The van der Waals surface area contributed by atoms with Crippen molar-refractivity contribution in [1.82, 2.24) is 10.2 Å². The lowest BCUT2D eigenvalue weighted by molar-refractivity contribution is -0.134. The van der Waals surface area contributed by atoms with Gasteiger partial charge < -0.3 is 16.0 Å². The van der Waals surface area contributed by atoms with Gasteiger partial charge in [-0.1, -0.05) is 30.3 Å². The third-order valence-corrected chi connectivity index (χ3v) is 3.33. The highest BCUT2D eigenvalue weighted by Gasteiger charge is 2.27. The molecule has 0 saturated carbocycles. The number of nitrogens with one attached hydrogen (secondary N) is 1. The molecule has 5 nitrogen and oxygen atoms in total. The number of hydrogen-bond donors (Lipinski definition) is 2. The van der Waals surface area contributed by atoms with Crippen molar-refractivity contribution in [2.24, 2.45) is 5.73 Å². The van der Waals surface area contributed by atoms with E-state index in [9.17, 15) is 9.59 Å². The minimum atomic E-state index is -0.579. The molecule has 0 bridgehead atoms. The Balaban J connectivity index is 2.01. The summed E-state index contributed by atoms with van der Waals surface area (Å²) in [4.78, 5) is 25.0. The van der Waals surface area contributed by atoms with Crippen molar-refractivity contribution in [1.29, 1.82) is 0 Å². The quantitative estimate of drug-likeness (QED) is 0.858. The molecule has 1 unspecified atom stereocenters. The molecule has 1 aliphatic rings. The predicted molar refractivity (Wildman–Crippen MR) is 72.2 cm³/mol. The Bertz CT molecular complexity index is 447. The maximum atomic E-state index is 12.3. The van der Waals surface area contributed by atoms with E-state index in [-0.39, 0.29) is 12.1 Å². The molecule has 2 rings (SSSR count). The van der Waals surface area contributed by atoms with E-state index in [2.05, 4.69) is 5.32 Å². The van der Waals surface area contributed by atoms with Crippen LogP contribution in [0.5, 0.6) is 0 Å². The van der Waals surface area contributed by atoms with Gasteiger partial charge in [0.15, 0.2) is 0 Å². The van der Waals surface area contributed by atoms with Crippen LogP contribution in [-0.2, 0) is 11.2 Å². The summed E-state index contributed by atoms with van der Waals surface area (Å²) in [6.07, 6.45) is 2.83. The summed E-state index contributed by atoms with van der Waals surface area (Å²) < 4.78 is 0. The van der Waals surface area contributed by atoms with Crippen molar-refractivity contribution in [3.8, 4) is 0 Å². The van der Waals surface area contributed by atoms with Crippen molar-refractivity contribution >= 4 is 11.9 Å². The molecule has 1 aliphatic heterocycles. The van der Waals surface area contributed by atoms with E-state index in [1.54, 1.807) is 4.90 Å². The molecule has 1 atom stereocenters. The Morgan fingerprint density at radius 1 is 1.26 bits per heavy atom. The van der Waals surface area contributed by atoms with Gasteiger partial charge in [-0.15, -0.1) is 0 Å². The van der Waals surface area contributed by atoms with Crippen molar-refractivity contribution in [3.63, 3.8) is 0 Å². The van der Waals surface area contributed by atoms with Gasteiger partial charge in [-0.2, -0.15) is 0 Å². The van der Waals surface area contributed by atoms with Crippen molar-refractivity contribution in [2.45, 2.75) is 31.8 Å². The maximum absolute atomic E-state index is 12.3. The molecule has 1 saturated heterocycles. The molecule has 0 radical (unpaired) electrons. The lowest BCUT2D eigenvalue weighted by Gasteiger charge is -2.35. The second-order valence-corrected chi connectivity index (χ2v) is 4.77. The summed E-state index contributed by atoms with van der Waals surface area (Å²) in [5.74, 6) is 0.0321. The van der Waals surface area contributed by atoms with E-state index >= 15 is 0 Å². The van der Waals surface area contributed by atoms with Gasteiger partial charge in [0, 0.05) is 6.54 Å². The molecular weight excluding hydrogens is 242 g/mol. The number of carbonyl (C=O) groups is 2. The first-order chi connectivity index (χ1) is 9.16. The standard InChI is InChI=1S/C14H19N3O2/c15-14(19)16-12-8-4-5-9-17(12)13(18)10-11-6-2-1-3-7-11/h1-3,6-7,12H,4-5,8-10H2,(H3,15,16,19). The van der Waals surface area contributed by atoms with E-state index in [0.717, 1.165) is 24.8 Å². The minimum Gasteiger partial charge on any atom is -0.352 e. The van der Waals surface area contributed by atoms with Crippen molar-refractivity contribution < 1.29 is 9.59 Å². The first-order valence-corrected chi connectivity index (χ1v) is 6.56. The zero-order chi connectivity index (χ0) is 13.7. The van der Waals surface area contributed by atoms with Gasteiger partial charge in [0.1, 0.15) is 6.17 Å². The third kappa shape index (κ3) is 3.71. The van der Waals surface area contributed by atoms with E-state index in [1.807, 2.05) is 30.3 Å². The fourth-order valence-electron chi connectivity index (χ4n) is 2.42. The Morgan fingerprint density at radius 2 is 2.00 bits per heavy atom. The summed E-state index contributed by atoms with van der Waals surface area (Å²) in [7, 11) is 0.